The summed E-state index contributed by atoms with van der Waals surface area (Å²) in [5.74, 6) is 0. The molecular weight excluding hydrogens is 220 g/mol. The van der Waals surface area contributed by atoms with Gasteiger partial charge in [-0.05, 0) is 11.4 Å². The van der Waals surface area contributed by atoms with Crippen molar-refractivity contribution in [1.29, 1.82) is 0 Å². The maximum atomic E-state index is 10.9. The molecule has 0 spiro atoms. The van der Waals surface area contributed by atoms with Gasteiger partial charge < -0.3 is 0 Å². The Labute approximate surface area is 79.7 Å². The van der Waals surface area contributed by atoms with E-state index in [1.807, 2.05) is 0 Å². The summed E-state index contributed by atoms with van der Waals surface area (Å²) in [6.45, 7) is 0. The van der Waals surface area contributed by atoms with Crippen LogP contribution in [-0.2, 0) is 10.2 Å². The van der Waals surface area contributed by atoms with Crippen LogP contribution < -0.4 is 9.44 Å². The van der Waals surface area contributed by atoms with Crippen molar-refractivity contribution < 1.29 is 8.42 Å². The van der Waals surface area contributed by atoms with Crippen molar-refractivity contribution in [2.45, 2.75) is 0 Å². The summed E-state index contributed by atoms with van der Waals surface area (Å²) >= 11 is 6.93. The smallest absolute Gasteiger partial charge is 0.269 e. The maximum Gasteiger partial charge on any atom is 0.298 e. The summed E-state index contributed by atoms with van der Waals surface area (Å²) in [5.41, 5.74) is 0.399. The number of anilines is 1. The second-order valence-electron chi connectivity index (χ2n) is 1.92. The maximum absolute atomic E-state index is 10.9. The van der Waals surface area contributed by atoms with Crippen molar-refractivity contribution in [3.63, 3.8) is 0 Å². The lowest BCUT2D eigenvalue weighted by atomic mass is 10.6. The van der Waals surface area contributed by atoms with Crippen LogP contribution in [0.5, 0.6) is 0 Å². The van der Waals surface area contributed by atoms with Gasteiger partial charge >= 0.3 is 0 Å². The Morgan fingerprint density at radius 3 is 2.67 bits per heavy atom. The average Bonchev–Trinajstić information content (AvgIpc) is 2.36. The van der Waals surface area contributed by atoms with E-state index < -0.39 is 10.2 Å². The van der Waals surface area contributed by atoms with Gasteiger partial charge in [0.2, 0.25) is 0 Å². The van der Waals surface area contributed by atoms with Gasteiger partial charge in [0.15, 0.2) is 0 Å². The van der Waals surface area contributed by atoms with Crippen LogP contribution in [0.3, 0.4) is 0 Å². The lowest BCUT2D eigenvalue weighted by Gasteiger charge is -2.03. The first-order chi connectivity index (χ1) is 5.55. The molecule has 7 heteroatoms. The van der Waals surface area contributed by atoms with Crippen molar-refractivity contribution in [2.24, 2.45) is 0 Å². The lowest BCUT2D eigenvalue weighted by Crippen LogP contribution is -2.26. The molecule has 0 fully saturated rings. The largest absolute Gasteiger partial charge is 0.298 e. The highest BCUT2D eigenvalue weighted by Crippen LogP contribution is 2.27. The quantitative estimate of drug-likeness (QED) is 0.816. The van der Waals surface area contributed by atoms with Crippen LogP contribution in [0, 0.1) is 0 Å². The fourth-order valence-corrected chi connectivity index (χ4v) is 2.08. The van der Waals surface area contributed by atoms with Gasteiger partial charge in [-0.2, -0.15) is 8.42 Å². The van der Waals surface area contributed by atoms with E-state index in [1.54, 1.807) is 11.4 Å². The molecule has 1 aromatic heterocycles. The summed E-state index contributed by atoms with van der Waals surface area (Å²) in [6, 6.07) is 1.60. The first-order valence-electron chi connectivity index (χ1n) is 2.99. The molecule has 0 atom stereocenters. The molecule has 0 aromatic carbocycles. The zero-order valence-corrected chi connectivity index (χ0v) is 8.55. The third-order valence-electron chi connectivity index (χ3n) is 1.13. The molecule has 2 N–H and O–H groups in total. The van der Waals surface area contributed by atoms with E-state index in [1.165, 1.54) is 18.4 Å². The summed E-state index contributed by atoms with van der Waals surface area (Å²) in [4.78, 5) is 0. The van der Waals surface area contributed by atoms with Crippen LogP contribution in [0.4, 0.5) is 5.69 Å². The predicted molar refractivity (Wildman–Crippen MR) is 50.9 cm³/mol. The van der Waals surface area contributed by atoms with E-state index in [9.17, 15) is 8.42 Å². The molecule has 0 amide bonds. The van der Waals surface area contributed by atoms with Crippen LogP contribution in [0.25, 0.3) is 0 Å². The van der Waals surface area contributed by atoms with Gasteiger partial charge in [-0.25, -0.2) is 4.72 Å². The van der Waals surface area contributed by atoms with E-state index in [0.717, 1.165) is 0 Å². The Morgan fingerprint density at radius 1 is 1.58 bits per heavy atom. The minimum atomic E-state index is -3.44. The van der Waals surface area contributed by atoms with E-state index in [-0.39, 0.29) is 0 Å². The molecule has 12 heavy (non-hydrogen) atoms. The third-order valence-corrected chi connectivity index (χ3v) is 3.33. The average molecular weight is 227 g/mol. The molecule has 1 aromatic rings. The molecule has 0 aliphatic heterocycles. The standard InChI is InChI=1S/C5H7ClN2O2S2/c1-7-12(9,10)8-4-2-3-11-5(4)6/h2-3,7-8H,1H3. The van der Waals surface area contributed by atoms with E-state index in [2.05, 4.69) is 9.44 Å². The number of hydrogen-bond donors (Lipinski definition) is 2. The molecule has 0 saturated heterocycles. The zero-order valence-electron chi connectivity index (χ0n) is 6.17. The summed E-state index contributed by atoms with van der Waals surface area (Å²) in [6.07, 6.45) is 0. The first-order valence-corrected chi connectivity index (χ1v) is 5.73. The zero-order chi connectivity index (χ0) is 9.19. The second-order valence-corrected chi connectivity index (χ2v) is 5.06. The van der Waals surface area contributed by atoms with Crippen LogP contribution in [-0.4, -0.2) is 15.5 Å². The Bertz CT molecular complexity index is 359. The molecule has 68 valence electrons. The molecule has 0 unspecified atom stereocenters. The summed E-state index contributed by atoms with van der Waals surface area (Å²) < 4.78 is 26.7. The van der Waals surface area contributed by atoms with Crippen molar-refractivity contribution >= 4 is 38.8 Å². The van der Waals surface area contributed by atoms with E-state index in [0.29, 0.717) is 10.0 Å². The van der Waals surface area contributed by atoms with Gasteiger partial charge in [-0.15, -0.1) is 11.3 Å². The lowest BCUT2D eigenvalue weighted by molar-refractivity contribution is 0.593. The topological polar surface area (TPSA) is 58.2 Å². The minimum absolute atomic E-state index is 0.399. The molecule has 0 radical (unpaired) electrons. The molecule has 0 aliphatic rings. The van der Waals surface area contributed by atoms with Crippen molar-refractivity contribution in [2.75, 3.05) is 11.8 Å². The normalized spacial score (nSPS) is 11.5. The Hall–Kier alpha value is -0.300. The number of thiophene rings is 1. The molecule has 0 bridgehead atoms. The summed E-state index contributed by atoms with van der Waals surface area (Å²) in [7, 11) is -2.12. The fraction of sp³-hybridized carbons (Fsp3) is 0.200. The van der Waals surface area contributed by atoms with Gasteiger partial charge in [0.05, 0.1) is 5.69 Å². The Kier molecular flexibility index (Phi) is 2.94. The highest BCUT2D eigenvalue weighted by atomic mass is 35.5. The van der Waals surface area contributed by atoms with Crippen LogP contribution in [0.2, 0.25) is 4.34 Å². The van der Waals surface area contributed by atoms with Gasteiger partial charge in [0, 0.05) is 7.05 Å². The first kappa shape index (κ1) is 9.79. The Balaban J connectivity index is 2.84. The molecule has 0 aliphatic carbocycles. The van der Waals surface area contributed by atoms with Crippen molar-refractivity contribution in [3.05, 3.63) is 15.8 Å². The molecule has 4 nitrogen and oxygen atoms in total. The predicted octanol–water partition coefficient (Wildman–Crippen LogP) is 1.28. The third kappa shape index (κ3) is 2.34. The van der Waals surface area contributed by atoms with Gasteiger partial charge in [0.1, 0.15) is 4.34 Å². The molecular formula is C5H7ClN2O2S2. The van der Waals surface area contributed by atoms with E-state index in [4.69, 9.17) is 11.6 Å². The molecule has 0 saturated carbocycles. The Morgan fingerprint density at radius 2 is 2.25 bits per heavy atom. The van der Waals surface area contributed by atoms with Gasteiger partial charge in [-0.3, -0.25) is 4.72 Å². The minimum Gasteiger partial charge on any atom is -0.269 e. The highest BCUT2D eigenvalue weighted by molar-refractivity contribution is 7.90. The highest BCUT2D eigenvalue weighted by Gasteiger charge is 2.09. The fourth-order valence-electron chi connectivity index (χ4n) is 0.561. The monoisotopic (exact) mass is 226 g/mol. The van der Waals surface area contributed by atoms with Gasteiger partial charge in [0.25, 0.3) is 10.2 Å². The van der Waals surface area contributed by atoms with Crippen molar-refractivity contribution in [3.8, 4) is 0 Å². The van der Waals surface area contributed by atoms with Gasteiger partial charge in [-0.1, -0.05) is 11.6 Å². The molecule has 1 heterocycles. The number of hydrogen-bond acceptors (Lipinski definition) is 3. The summed E-state index contributed by atoms with van der Waals surface area (Å²) in [5, 5.41) is 1.70. The van der Waals surface area contributed by atoms with Crippen LogP contribution >= 0.6 is 22.9 Å². The number of halogens is 1. The van der Waals surface area contributed by atoms with Crippen molar-refractivity contribution in [1.82, 2.24) is 4.72 Å². The second kappa shape index (κ2) is 3.61. The van der Waals surface area contributed by atoms with Crippen LogP contribution in [0.15, 0.2) is 11.4 Å². The molecule has 1 rings (SSSR count). The number of nitrogens with one attached hydrogen (secondary N) is 2. The SMILES string of the molecule is CNS(=O)(=O)Nc1ccsc1Cl. The van der Waals surface area contributed by atoms with Crippen LogP contribution in [0.1, 0.15) is 0 Å². The number of rotatable bonds is 3. The van der Waals surface area contributed by atoms with E-state index >= 15 is 0 Å².